The Morgan fingerprint density at radius 3 is 2.79 bits per heavy atom. The standard InChI is InChI=1S/C14H26N4S/c1-5-10(2)13-12(8-15)19-14(16-13)18-7-6-17(4)9-11(18)3/h10-11H,5-9,15H2,1-4H3. The van der Waals surface area contributed by atoms with Crippen LogP contribution in [0.5, 0.6) is 0 Å². The first-order valence-electron chi connectivity index (χ1n) is 7.21. The molecule has 2 rings (SSSR count). The minimum absolute atomic E-state index is 0.506. The molecule has 0 aliphatic carbocycles. The molecule has 0 aromatic carbocycles. The Morgan fingerprint density at radius 2 is 2.21 bits per heavy atom. The van der Waals surface area contributed by atoms with Crippen LogP contribution >= 0.6 is 11.3 Å². The van der Waals surface area contributed by atoms with E-state index in [4.69, 9.17) is 10.7 Å². The van der Waals surface area contributed by atoms with Gasteiger partial charge in [-0.2, -0.15) is 0 Å². The monoisotopic (exact) mass is 282 g/mol. The first kappa shape index (κ1) is 14.8. The summed E-state index contributed by atoms with van der Waals surface area (Å²) in [6.07, 6.45) is 1.12. The SMILES string of the molecule is CCC(C)c1nc(N2CCN(C)CC2C)sc1CN. The Balaban J connectivity index is 2.23. The van der Waals surface area contributed by atoms with Gasteiger partial charge in [0.2, 0.25) is 0 Å². The van der Waals surface area contributed by atoms with Crippen LogP contribution in [0.1, 0.15) is 43.7 Å². The zero-order valence-corrected chi connectivity index (χ0v) is 13.3. The van der Waals surface area contributed by atoms with Gasteiger partial charge in [0, 0.05) is 37.1 Å². The van der Waals surface area contributed by atoms with Gasteiger partial charge in [0.1, 0.15) is 0 Å². The fourth-order valence-corrected chi connectivity index (χ4v) is 3.81. The maximum Gasteiger partial charge on any atom is 0.186 e. The molecule has 0 spiro atoms. The van der Waals surface area contributed by atoms with Crippen molar-refractivity contribution in [3.8, 4) is 0 Å². The van der Waals surface area contributed by atoms with E-state index in [0.29, 0.717) is 18.5 Å². The maximum atomic E-state index is 5.89. The number of hydrogen-bond acceptors (Lipinski definition) is 5. The summed E-state index contributed by atoms with van der Waals surface area (Å²) in [5.41, 5.74) is 7.11. The first-order chi connectivity index (χ1) is 9.06. The van der Waals surface area contributed by atoms with Crippen molar-refractivity contribution in [2.75, 3.05) is 31.6 Å². The molecule has 2 unspecified atom stereocenters. The molecule has 4 nitrogen and oxygen atoms in total. The second-order valence-electron chi connectivity index (χ2n) is 5.62. The third-order valence-electron chi connectivity index (χ3n) is 4.06. The molecule has 108 valence electrons. The summed E-state index contributed by atoms with van der Waals surface area (Å²) in [6.45, 7) is 10.6. The first-order valence-corrected chi connectivity index (χ1v) is 8.03. The smallest absolute Gasteiger partial charge is 0.186 e. The quantitative estimate of drug-likeness (QED) is 0.920. The summed E-state index contributed by atoms with van der Waals surface area (Å²) >= 11 is 1.79. The van der Waals surface area contributed by atoms with Crippen LogP contribution in [0.25, 0.3) is 0 Å². The highest BCUT2D eigenvalue weighted by atomic mass is 32.1. The molecule has 2 heterocycles. The van der Waals surface area contributed by atoms with Crippen molar-refractivity contribution in [1.29, 1.82) is 0 Å². The third kappa shape index (κ3) is 3.09. The number of rotatable bonds is 4. The average Bonchev–Trinajstić information content (AvgIpc) is 2.81. The number of nitrogens with zero attached hydrogens (tertiary/aromatic N) is 3. The highest BCUT2D eigenvalue weighted by molar-refractivity contribution is 7.15. The molecule has 0 saturated carbocycles. The van der Waals surface area contributed by atoms with Crippen LogP contribution in [0.3, 0.4) is 0 Å². The number of nitrogens with two attached hydrogens (primary N) is 1. The van der Waals surface area contributed by atoms with Gasteiger partial charge in [-0.15, -0.1) is 11.3 Å². The summed E-state index contributed by atoms with van der Waals surface area (Å²) < 4.78 is 0. The molecule has 0 amide bonds. The van der Waals surface area contributed by atoms with Crippen LogP contribution in [0, 0.1) is 0 Å². The fraction of sp³-hybridized carbons (Fsp3) is 0.786. The van der Waals surface area contributed by atoms with Crippen molar-refractivity contribution in [3.63, 3.8) is 0 Å². The molecule has 5 heteroatoms. The lowest BCUT2D eigenvalue weighted by Gasteiger charge is -2.38. The molecule has 1 saturated heterocycles. The Kier molecular flexibility index (Phi) is 4.81. The number of anilines is 1. The molecule has 2 N–H and O–H groups in total. The van der Waals surface area contributed by atoms with Crippen LogP contribution in [-0.4, -0.2) is 42.6 Å². The second-order valence-corrected chi connectivity index (χ2v) is 6.69. The van der Waals surface area contributed by atoms with Gasteiger partial charge in [0.25, 0.3) is 0 Å². The van der Waals surface area contributed by atoms with E-state index in [1.165, 1.54) is 10.6 Å². The normalized spacial score (nSPS) is 22.8. The zero-order valence-electron chi connectivity index (χ0n) is 12.5. The van der Waals surface area contributed by atoms with E-state index in [1.54, 1.807) is 11.3 Å². The maximum absolute atomic E-state index is 5.89. The number of aromatic nitrogens is 1. The summed E-state index contributed by atoms with van der Waals surface area (Å²) in [6, 6.07) is 0.528. The summed E-state index contributed by atoms with van der Waals surface area (Å²) in [7, 11) is 2.19. The minimum Gasteiger partial charge on any atom is -0.343 e. The van der Waals surface area contributed by atoms with Crippen LogP contribution in [0.2, 0.25) is 0 Å². The predicted molar refractivity (Wildman–Crippen MR) is 83.0 cm³/mol. The molecule has 0 radical (unpaired) electrons. The molecular weight excluding hydrogens is 256 g/mol. The van der Waals surface area contributed by atoms with E-state index in [9.17, 15) is 0 Å². The second kappa shape index (κ2) is 6.20. The number of likely N-dealkylation sites (N-methyl/N-ethyl adjacent to an activating group) is 1. The van der Waals surface area contributed by atoms with Crippen molar-refractivity contribution in [2.24, 2.45) is 5.73 Å². The van der Waals surface area contributed by atoms with E-state index in [1.807, 2.05) is 0 Å². The van der Waals surface area contributed by atoms with Gasteiger partial charge in [0.15, 0.2) is 5.13 Å². The topological polar surface area (TPSA) is 45.4 Å². The number of thiazole rings is 1. The molecule has 1 fully saturated rings. The number of piperazine rings is 1. The summed E-state index contributed by atoms with van der Waals surface area (Å²) in [5.74, 6) is 0.506. The molecule has 1 aromatic heterocycles. The van der Waals surface area contributed by atoms with Gasteiger partial charge in [-0.25, -0.2) is 4.98 Å². The van der Waals surface area contributed by atoms with Crippen LogP contribution < -0.4 is 10.6 Å². The number of hydrogen-bond donors (Lipinski definition) is 1. The predicted octanol–water partition coefficient (Wildman–Crippen LogP) is 2.26. The Labute approximate surface area is 120 Å². The average molecular weight is 282 g/mol. The minimum atomic E-state index is 0.506. The van der Waals surface area contributed by atoms with Crippen LogP contribution in [0.15, 0.2) is 0 Å². The Hall–Kier alpha value is -0.650. The van der Waals surface area contributed by atoms with Crippen molar-refractivity contribution in [3.05, 3.63) is 10.6 Å². The fourth-order valence-electron chi connectivity index (χ4n) is 2.62. The largest absolute Gasteiger partial charge is 0.343 e. The summed E-state index contributed by atoms with van der Waals surface area (Å²) in [5, 5.41) is 1.16. The molecule has 2 atom stereocenters. The highest BCUT2D eigenvalue weighted by Gasteiger charge is 2.25. The molecular formula is C14H26N4S. The molecule has 1 aliphatic rings. The van der Waals surface area contributed by atoms with Gasteiger partial charge in [-0.05, 0) is 26.3 Å². The van der Waals surface area contributed by atoms with E-state index in [0.717, 1.165) is 31.2 Å². The van der Waals surface area contributed by atoms with Gasteiger partial charge >= 0.3 is 0 Å². The van der Waals surface area contributed by atoms with E-state index in [-0.39, 0.29) is 0 Å². The van der Waals surface area contributed by atoms with E-state index in [2.05, 4.69) is 37.6 Å². The lowest BCUT2D eigenvalue weighted by molar-refractivity contribution is 0.275. The van der Waals surface area contributed by atoms with Gasteiger partial charge in [-0.1, -0.05) is 13.8 Å². The van der Waals surface area contributed by atoms with Gasteiger partial charge < -0.3 is 15.5 Å². The lowest BCUT2D eigenvalue weighted by Crippen LogP contribution is -2.50. The highest BCUT2D eigenvalue weighted by Crippen LogP contribution is 2.33. The van der Waals surface area contributed by atoms with E-state index < -0.39 is 0 Å². The lowest BCUT2D eigenvalue weighted by atomic mass is 10.0. The third-order valence-corrected chi connectivity index (χ3v) is 5.19. The van der Waals surface area contributed by atoms with Crippen molar-refractivity contribution in [1.82, 2.24) is 9.88 Å². The molecule has 1 aliphatic heterocycles. The van der Waals surface area contributed by atoms with Crippen LogP contribution in [0.4, 0.5) is 5.13 Å². The van der Waals surface area contributed by atoms with Crippen molar-refractivity contribution < 1.29 is 0 Å². The Morgan fingerprint density at radius 1 is 1.47 bits per heavy atom. The molecule has 1 aromatic rings. The summed E-state index contributed by atoms with van der Waals surface area (Å²) in [4.78, 5) is 11.0. The van der Waals surface area contributed by atoms with Crippen molar-refractivity contribution in [2.45, 2.75) is 45.7 Å². The van der Waals surface area contributed by atoms with Gasteiger partial charge in [-0.3, -0.25) is 0 Å². The van der Waals surface area contributed by atoms with Crippen molar-refractivity contribution >= 4 is 16.5 Å². The zero-order chi connectivity index (χ0) is 14.0. The molecule has 19 heavy (non-hydrogen) atoms. The van der Waals surface area contributed by atoms with E-state index >= 15 is 0 Å². The Bertz CT molecular complexity index is 418. The van der Waals surface area contributed by atoms with Crippen LogP contribution in [-0.2, 0) is 6.54 Å². The van der Waals surface area contributed by atoms with Gasteiger partial charge in [0.05, 0.1) is 5.69 Å². The molecule has 0 bridgehead atoms.